The van der Waals surface area contributed by atoms with E-state index < -0.39 is 0 Å². The van der Waals surface area contributed by atoms with Crippen LogP contribution in [0.5, 0.6) is 0 Å². The van der Waals surface area contributed by atoms with Crippen molar-refractivity contribution >= 4 is 17.5 Å². The van der Waals surface area contributed by atoms with E-state index in [-0.39, 0.29) is 17.9 Å². The van der Waals surface area contributed by atoms with Crippen LogP contribution in [-0.4, -0.2) is 22.8 Å². The van der Waals surface area contributed by atoms with Crippen molar-refractivity contribution in [3.05, 3.63) is 59.9 Å². The van der Waals surface area contributed by atoms with E-state index in [1.54, 1.807) is 6.07 Å². The van der Waals surface area contributed by atoms with Crippen LogP contribution >= 0.6 is 0 Å². The maximum Gasteiger partial charge on any atom is 0.257 e. The number of aromatic nitrogens is 1. The van der Waals surface area contributed by atoms with Gasteiger partial charge in [0.1, 0.15) is 0 Å². The summed E-state index contributed by atoms with van der Waals surface area (Å²) >= 11 is 0. The molecule has 3 rings (SSSR count). The van der Waals surface area contributed by atoms with E-state index in [4.69, 9.17) is 0 Å². The van der Waals surface area contributed by atoms with Crippen molar-refractivity contribution in [2.75, 3.05) is 5.32 Å². The number of carbonyl (C=O) groups is 2. The standard InChI is InChI=1S/C19H21N3O2/c23-18(21-16-7-3-1-4-8-16)14-11-15(13-20-12-14)19(24)22-17-9-5-2-6-10-17/h1,3-4,7-8,11-13,17H,2,5-6,9-10H2,(H,21,23)(H,22,24). The molecule has 5 nitrogen and oxygen atoms in total. The fourth-order valence-electron chi connectivity index (χ4n) is 2.93. The first kappa shape index (κ1) is 16.2. The number of nitrogens with one attached hydrogen (secondary N) is 2. The van der Waals surface area contributed by atoms with Crippen molar-refractivity contribution in [2.24, 2.45) is 0 Å². The molecule has 0 unspecified atom stereocenters. The highest BCUT2D eigenvalue weighted by Gasteiger charge is 2.18. The summed E-state index contributed by atoms with van der Waals surface area (Å²) in [5.74, 6) is -0.440. The molecule has 5 heteroatoms. The topological polar surface area (TPSA) is 71.1 Å². The van der Waals surface area contributed by atoms with Gasteiger partial charge in [-0.1, -0.05) is 37.5 Å². The summed E-state index contributed by atoms with van der Waals surface area (Å²) in [5.41, 5.74) is 1.50. The molecule has 2 N–H and O–H groups in total. The minimum absolute atomic E-state index is 0.163. The molecule has 124 valence electrons. The number of anilines is 1. The van der Waals surface area contributed by atoms with E-state index in [9.17, 15) is 9.59 Å². The summed E-state index contributed by atoms with van der Waals surface area (Å²) in [4.78, 5) is 28.7. The summed E-state index contributed by atoms with van der Waals surface area (Å²) in [5, 5.41) is 5.84. The quantitative estimate of drug-likeness (QED) is 0.906. The number of benzene rings is 1. The van der Waals surface area contributed by atoms with E-state index in [2.05, 4.69) is 15.6 Å². The molecule has 24 heavy (non-hydrogen) atoms. The largest absolute Gasteiger partial charge is 0.349 e. The average molecular weight is 323 g/mol. The highest BCUT2D eigenvalue weighted by atomic mass is 16.2. The summed E-state index contributed by atoms with van der Waals surface area (Å²) in [6, 6.07) is 11.0. The first-order valence-electron chi connectivity index (χ1n) is 8.35. The zero-order valence-electron chi connectivity index (χ0n) is 13.5. The lowest BCUT2D eigenvalue weighted by atomic mass is 9.95. The van der Waals surface area contributed by atoms with E-state index in [0.29, 0.717) is 16.8 Å². The molecule has 1 aromatic heterocycles. The average Bonchev–Trinajstić information content (AvgIpc) is 2.63. The van der Waals surface area contributed by atoms with E-state index in [1.807, 2.05) is 30.3 Å². The first-order valence-corrected chi connectivity index (χ1v) is 8.35. The molecule has 1 aliphatic carbocycles. The van der Waals surface area contributed by atoms with Crippen molar-refractivity contribution in [1.29, 1.82) is 0 Å². The smallest absolute Gasteiger partial charge is 0.257 e. The number of amides is 2. The minimum Gasteiger partial charge on any atom is -0.349 e. The Morgan fingerprint density at radius 3 is 2.29 bits per heavy atom. The van der Waals surface area contributed by atoms with Gasteiger partial charge in [-0.3, -0.25) is 14.6 Å². The zero-order chi connectivity index (χ0) is 16.8. The third kappa shape index (κ3) is 4.19. The molecule has 2 aromatic rings. The predicted molar refractivity (Wildman–Crippen MR) is 93.0 cm³/mol. The number of rotatable bonds is 4. The summed E-state index contributed by atoms with van der Waals surface area (Å²) in [6.07, 6.45) is 8.56. The molecule has 1 heterocycles. The number of nitrogens with zero attached hydrogens (tertiary/aromatic N) is 1. The van der Waals surface area contributed by atoms with Gasteiger partial charge in [0.2, 0.25) is 0 Å². The van der Waals surface area contributed by atoms with Gasteiger partial charge in [-0.15, -0.1) is 0 Å². The maximum atomic E-state index is 12.4. The second kappa shape index (κ2) is 7.73. The van der Waals surface area contributed by atoms with Crippen molar-refractivity contribution in [3.63, 3.8) is 0 Å². The van der Waals surface area contributed by atoms with Crippen molar-refractivity contribution < 1.29 is 9.59 Å². The molecule has 1 aromatic carbocycles. The van der Waals surface area contributed by atoms with Crippen LogP contribution in [0.2, 0.25) is 0 Å². The van der Waals surface area contributed by atoms with Gasteiger partial charge in [-0.25, -0.2) is 0 Å². The SMILES string of the molecule is O=C(Nc1ccccc1)c1cncc(C(=O)NC2CCCCC2)c1. The fraction of sp³-hybridized carbons (Fsp3) is 0.316. The Hall–Kier alpha value is -2.69. The van der Waals surface area contributed by atoms with Gasteiger partial charge < -0.3 is 10.6 Å². The van der Waals surface area contributed by atoms with Crippen molar-refractivity contribution in [3.8, 4) is 0 Å². The van der Waals surface area contributed by atoms with Gasteiger partial charge in [-0.2, -0.15) is 0 Å². The highest BCUT2D eigenvalue weighted by molar-refractivity contribution is 6.05. The van der Waals surface area contributed by atoms with Crippen LogP contribution < -0.4 is 10.6 Å². The molecule has 0 saturated heterocycles. The van der Waals surface area contributed by atoms with E-state index in [0.717, 1.165) is 25.7 Å². The third-order valence-corrected chi connectivity index (χ3v) is 4.23. The summed E-state index contributed by atoms with van der Waals surface area (Å²) in [6.45, 7) is 0. The Morgan fingerprint density at radius 1 is 0.917 bits per heavy atom. The van der Waals surface area contributed by atoms with E-state index >= 15 is 0 Å². The van der Waals surface area contributed by atoms with Crippen LogP contribution in [0.3, 0.4) is 0 Å². The Kier molecular flexibility index (Phi) is 5.21. The Balaban J connectivity index is 1.66. The van der Waals surface area contributed by atoms with Gasteiger partial charge in [0, 0.05) is 24.1 Å². The van der Waals surface area contributed by atoms with Gasteiger partial charge >= 0.3 is 0 Å². The summed E-state index contributed by atoms with van der Waals surface area (Å²) < 4.78 is 0. The van der Waals surface area contributed by atoms with Gasteiger partial charge in [0.25, 0.3) is 11.8 Å². The molecule has 1 saturated carbocycles. The third-order valence-electron chi connectivity index (χ3n) is 4.23. The van der Waals surface area contributed by atoms with Crippen LogP contribution in [0.25, 0.3) is 0 Å². The number of pyridine rings is 1. The number of hydrogen-bond donors (Lipinski definition) is 2. The lowest BCUT2D eigenvalue weighted by Gasteiger charge is -2.22. The highest BCUT2D eigenvalue weighted by Crippen LogP contribution is 2.18. The van der Waals surface area contributed by atoms with Crippen LogP contribution in [-0.2, 0) is 0 Å². The van der Waals surface area contributed by atoms with Crippen LogP contribution in [0, 0.1) is 0 Å². The first-order chi connectivity index (χ1) is 11.7. The maximum absolute atomic E-state index is 12.4. The second-order valence-electron chi connectivity index (χ2n) is 6.09. The second-order valence-corrected chi connectivity index (χ2v) is 6.09. The monoisotopic (exact) mass is 323 g/mol. The molecule has 0 aliphatic heterocycles. The zero-order valence-corrected chi connectivity index (χ0v) is 13.5. The van der Waals surface area contributed by atoms with Gasteiger partial charge in [-0.05, 0) is 31.0 Å². The van der Waals surface area contributed by atoms with Crippen LogP contribution in [0.15, 0.2) is 48.8 Å². The van der Waals surface area contributed by atoms with Crippen LogP contribution in [0.1, 0.15) is 52.8 Å². The van der Waals surface area contributed by atoms with Crippen LogP contribution in [0.4, 0.5) is 5.69 Å². The number of carbonyl (C=O) groups excluding carboxylic acids is 2. The van der Waals surface area contributed by atoms with Crippen molar-refractivity contribution in [2.45, 2.75) is 38.1 Å². The van der Waals surface area contributed by atoms with E-state index in [1.165, 1.54) is 18.8 Å². The Morgan fingerprint density at radius 2 is 1.58 bits per heavy atom. The lowest BCUT2D eigenvalue weighted by molar-refractivity contribution is 0.0927. The number of para-hydroxylation sites is 1. The lowest BCUT2D eigenvalue weighted by Crippen LogP contribution is -2.36. The summed E-state index contributed by atoms with van der Waals surface area (Å²) in [7, 11) is 0. The molecule has 2 amide bonds. The molecule has 0 radical (unpaired) electrons. The van der Waals surface area contributed by atoms with Gasteiger partial charge in [0.05, 0.1) is 11.1 Å². The molecular formula is C19H21N3O2. The van der Waals surface area contributed by atoms with Crippen molar-refractivity contribution in [1.82, 2.24) is 10.3 Å². The molecular weight excluding hydrogens is 302 g/mol. The predicted octanol–water partition coefficient (Wildman–Crippen LogP) is 3.40. The fourth-order valence-corrected chi connectivity index (χ4v) is 2.93. The Labute approximate surface area is 141 Å². The number of hydrogen-bond acceptors (Lipinski definition) is 3. The van der Waals surface area contributed by atoms with Gasteiger partial charge in [0.15, 0.2) is 0 Å². The Bertz CT molecular complexity index is 710. The minimum atomic E-state index is -0.277. The molecule has 1 fully saturated rings. The molecule has 0 atom stereocenters. The molecule has 0 spiro atoms. The molecule has 0 bridgehead atoms. The normalized spacial score (nSPS) is 14.8. The molecule has 1 aliphatic rings.